The van der Waals surface area contributed by atoms with Gasteiger partial charge in [-0.2, -0.15) is 0 Å². The molecule has 1 saturated carbocycles. The highest BCUT2D eigenvalue weighted by Crippen LogP contribution is 2.30. The molecule has 1 saturated heterocycles. The standard InChI is InChI=1S/C29H32N4O3/c34-29-19-33(24-9-10-24)16-21-4-1-7-25(12-21)36-26-8-2-5-22(13-26)20-35-28-18-32(17-27(28)31-29)15-23-6-3-11-30-14-23/h1-8,11-14,24,27-28H,9-10,15-20H2,(H,31,34)/t27-,28-/m0/s1. The van der Waals surface area contributed by atoms with Crippen molar-refractivity contribution in [1.82, 2.24) is 20.1 Å². The number of rotatable bonds is 3. The minimum Gasteiger partial charge on any atom is -0.457 e. The highest BCUT2D eigenvalue weighted by Gasteiger charge is 2.36. The van der Waals surface area contributed by atoms with Crippen LogP contribution < -0.4 is 10.1 Å². The Morgan fingerprint density at radius 1 is 0.944 bits per heavy atom. The number of likely N-dealkylation sites (tertiary alicyclic amines) is 1. The Labute approximate surface area is 212 Å². The van der Waals surface area contributed by atoms with Crippen LogP contribution in [0.4, 0.5) is 0 Å². The summed E-state index contributed by atoms with van der Waals surface area (Å²) in [6.07, 6.45) is 5.88. The molecule has 0 spiro atoms. The van der Waals surface area contributed by atoms with Gasteiger partial charge in [0.2, 0.25) is 5.91 Å². The van der Waals surface area contributed by atoms with Gasteiger partial charge in [0.1, 0.15) is 11.5 Å². The van der Waals surface area contributed by atoms with Crippen molar-refractivity contribution in [3.63, 3.8) is 0 Å². The van der Waals surface area contributed by atoms with Gasteiger partial charge in [0.15, 0.2) is 0 Å². The summed E-state index contributed by atoms with van der Waals surface area (Å²) in [6, 6.07) is 20.7. The number of nitrogens with zero attached hydrogens (tertiary/aromatic N) is 3. The van der Waals surface area contributed by atoms with E-state index in [4.69, 9.17) is 9.47 Å². The van der Waals surface area contributed by atoms with Crippen LogP contribution in [0.25, 0.3) is 0 Å². The van der Waals surface area contributed by atoms with Gasteiger partial charge >= 0.3 is 0 Å². The highest BCUT2D eigenvalue weighted by atomic mass is 16.5. The van der Waals surface area contributed by atoms with E-state index < -0.39 is 0 Å². The zero-order chi connectivity index (χ0) is 24.3. The van der Waals surface area contributed by atoms with Gasteiger partial charge in [-0.15, -0.1) is 0 Å². The molecule has 7 heteroatoms. The summed E-state index contributed by atoms with van der Waals surface area (Å²) >= 11 is 0. The lowest BCUT2D eigenvalue weighted by Crippen LogP contribution is -2.48. The molecule has 3 aromatic rings. The van der Waals surface area contributed by atoms with Crippen LogP contribution in [0.1, 0.15) is 29.5 Å². The maximum atomic E-state index is 13.2. The number of fused-ring (bicyclic) bond motifs is 5. The molecule has 0 unspecified atom stereocenters. The topological polar surface area (TPSA) is 66.9 Å². The fourth-order valence-electron chi connectivity index (χ4n) is 5.21. The Morgan fingerprint density at radius 3 is 2.53 bits per heavy atom. The summed E-state index contributed by atoms with van der Waals surface area (Å²) in [4.78, 5) is 22.1. The predicted octanol–water partition coefficient (Wildman–Crippen LogP) is 3.74. The molecule has 186 valence electrons. The van der Waals surface area contributed by atoms with E-state index in [-0.39, 0.29) is 18.1 Å². The lowest BCUT2D eigenvalue weighted by molar-refractivity contribution is -0.124. The lowest BCUT2D eigenvalue weighted by atomic mass is 10.1. The van der Waals surface area contributed by atoms with Gasteiger partial charge in [-0.05, 0) is 59.9 Å². The molecule has 7 nitrogen and oxygen atoms in total. The lowest BCUT2D eigenvalue weighted by Gasteiger charge is -2.25. The van der Waals surface area contributed by atoms with Crippen molar-refractivity contribution in [3.8, 4) is 11.5 Å². The number of hydrogen-bond donors (Lipinski definition) is 1. The second-order valence-corrected chi connectivity index (χ2v) is 10.1. The molecule has 36 heavy (non-hydrogen) atoms. The zero-order valence-electron chi connectivity index (χ0n) is 20.4. The fraction of sp³-hybridized carbons (Fsp3) is 0.379. The van der Waals surface area contributed by atoms with Gasteiger partial charge < -0.3 is 14.8 Å². The SMILES string of the molecule is O=C1CN(C2CC2)Cc2cccc(c2)Oc2cccc(c2)CO[C@H]2CN(Cc3cccnc3)C[C@@H]2N1. The average Bonchev–Trinajstić information content (AvgIpc) is 3.66. The Kier molecular flexibility index (Phi) is 6.68. The third-order valence-corrected chi connectivity index (χ3v) is 7.11. The molecule has 3 aliphatic rings. The highest BCUT2D eigenvalue weighted by molar-refractivity contribution is 5.78. The molecule has 2 aromatic carbocycles. The molecule has 6 rings (SSSR count). The van der Waals surface area contributed by atoms with E-state index in [9.17, 15) is 4.79 Å². The quantitative estimate of drug-likeness (QED) is 0.611. The Bertz CT molecular complexity index is 1200. The average molecular weight is 485 g/mol. The fourth-order valence-corrected chi connectivity index (χ4v) is 5.21. The smallest absolute Gasteiger partial charge is 0.234 e. The van der Waals surface area contributed by atoms with E-state index >= 15 is 0 Å². The number of benzene rings is 2. The molecule has 1 amide bonds. The normalized spacial score (nSPS) is 23.5. The first-order chi connectivity index (χ1) is 17.7. The number of amides is 1. The number of nitrogens with one attached hydrogen (secondary N) is 1. The van der Waals surface area contributed by atoms with Crippen LogP contribution >= 0.6 is 0 Å². The molecule has 2 fully saturated rings. The number of carbonyl (C=O) groups excluding carboxylic acids is 1. The monoisotopic (exact) mass is 484 g/mol. The molecule has 2 aliphatic heterocycles. The minimum atomic E-state index is -0.0924. The van der Waals surface area contributed by atoms with Crippen molar-refractivity contribution >= 4 is 5.91 Å². The van der Waals surface area contributed by atoms with Gasteiger partial charge in [0.25, 0.3) is 0 Å². The first-order valence-corrected chi connectivity index (χ1v) is 12.8. The van der Waals surface area contributed by atoms with Gasteiger partial charge in [-0.3, -0.25) is 19.6 Å². The number of hydrogen-bond acceptors (Lipinski definition) is 6. The molecule has 2 atom stereocenters. The van der Waals surface area contributed by atoms with Crippen molar-refractivity contribution < 1.29 is 14.3 Å². The van der Waals surface area contributed by atoms with E-state index in [1.165, 1.54) is 0 Å². The van der Waals surface area contributed by atoms with Crippen molar-refractivity contribution in [3.05, 3.63) is 89.7 Å². The molecule has 3 heterocycles. The summed E-state index contributed by atoms with van der Waals surface area (Å²) in [5, 5.41) is 3.32. The van der Waals surface area contributed by atoms with Crippen LogP contribution in [-0.4, -0.2) is 58.5 Å². The van der Waals surface area contributed by atoms with Crippen LogP contribution in [0.2, 0.25) is 0 Å². The maximum absolute atomic E-state index is 13.2. The summed E-state index contributed by atoms with van der Waals surface area (Å²) in [6.45, 7) is 3.87. The molecule has 1 aliphatic carbocycles. The minimum absolute atomic E-state index is 0.0604. The van der Waals surface area contributed by atoms with E-state index in [0.717, 1.165) is 67.2 Å². The largest absolute Gasteiger partial charge is 0.457 e. The summed E-state index contributed by atoms with van der Waals surface area (Å²) in [5.74, 6) is 1.67. The summed E-state index contributed by atoms with van der Waals surface area (Å²) in [5.41, 5.74) is 3.36. The zero-order valence-corrected chi connectivity index (χ0v) is 20.4. The van der Waals surface area contributed by atoms with Crippen LogP contribution in [-0.2, 0) is 29.2 Å². The third-order valence-electron chi connectivity index (χ3n) is 7.11. The first kappa shape index (κ1) is 23.2. The van der Waals surface area contributed by atoms with Gasteiger partial charge in [0.05, 0.1) is 25.3 Å². The van der Waals surface area contributed by atoms with Crippen LogP contribution in [0.3, 0.4) is 0 Å². The number of carbonyl (C=O) groups is 1. The Hall–Kier alpha value is -3.26. The molecule has 4 bridgehead atoms. The Morgan fingerprint density at radius 2 is 1.75 bits per heavy atom. The predicted molar refractivity (Wildman–Crippen MR) is 136 cm³/mol. The van der Waals surface area contributed by atoms with Crippen molar-refractivity contribution in [2.75, 3.05) is 19.6 Å². The molecule has 1 aromatic heterocycles. The van der Waals surface area contributed by atoms with Gasteiger partial charge in [-0.25, -0.2) is 0 Å². The number of aromatic nitrogens is 1. The van der Waals surface area contributed by atoms with E-state index in [2.05, 4.69) is 44.4 Å². The van der Waals surface area contributed by atoms with Gasteiger partial charge in [-0.1, -0.05) is 30.3 Å². The maximum Gasteiger partial charge on any atom is 0.234 e. The second-order valence-electron chi connectivity index (χ2n) is 10.1. The number of pyridine rings is 1. The summed E-state index contributed by atoms with van der Waals surface area (Å²) < 4.78 is 12.6. The van der Waals surface area contributed by atoms with E-state index in [0.29, 0.717) is 19.2 Å². The van der Waals surface area contributed by atoms with E-state index in [1.807, 2.05) is 42.6 Å². The van der Waals surface area contributed by atoms with Crippen molar-refractivity contribution in [2.24, 2.45) is 0 Å². The van der Waals surface area contributed by atoms with Crippen LogP contribution in [0, 0.1) is 0 Å². The Balaban J connectivity index is 1.25. The van der Waals surface area contributed by atoms with Crippen LogP contribution in [0.5, 0.6) is 11.5 Å². The van der Waals surface area contributed by atoms with Gasteiger partial charge in [0, 0.05) is 44.6 Å². The van der Waals surface area contributed by atoms with E-state index in [1.54, 1.807) is 6.20 Å². The van der Waals surface area contributed by atoms with Crippen molar-refractivity contribution in [1.29, 1.82) is 0 Å². The number of ether oxygens (including phenoxy) is 2. The first-order valence-electron chi connectivity index (χ1n) is 12.8. The molecule has 0 radical (unpaired) electrons. The van der Waals surface area contributed by atoms with Crippen LogP contribution in [0.15, 0.2) is 73.1 Å². The van der Waals surface area contributed by atoms with Crippen molar-refractivity contribution in [2.45, 2.75) is 50.7 Å². The third kappa shape index (κ3) is 5.75. The molecular formula is C29H32N4O3. The summed E-state index contributed by atoms with van der Waals surface area (Å²) in [7, 11) is 0. The molecular weight excluding hydrogens is 452 g/mol. The molecule has 1 N–H and O–H groups in total. The second kappa shape index (κ2) is 10.4.